The molecule has 0 bridgehead atoms. The maximum atomic E-state index is 3.86. The lowest BCUT2D eigenvalue weighted by molar-refractivity contribution is 0.0293. The van der Waals surface area contributed by atoms with Crippen LogP contribution in [0.4, 0.5) is 0 Å². The van der Waals surface area contributed by atoms with Gasteiger partial charge in [-0.2, -0.15) is 0 Å². The Morgan fingerprint density at radius 2 is 1.95 bits per heavy atom. The molecule has 0 aromatic carbocycles. The normalized spacial score (nSPS) is 28.6. The Hall–Kier alpha value is -0.0800. The minimum Gasteiger partial charge on any atom is -0.312 e. The average Bonchev–Trinajstić information content (AvgIpc) is 2.37. The van der Waals surface area contributed by atoms with E-state index in [1.807, 2.05) is 0 Å². The van der Waals surface area contributed by atoms with E-state index in [2.05, 4.69) is 51.8 Å². The molecule has 0 aliphatic heterocycles. The van der Waals surface area contributed by atoms with Crippen LogP contribution in [0.25, 0.3) is 0 Å². The fourth-order valence-electron chi connectivity index (χ4n) is 3.79. The molecule has 0 saturated heterocycles. The lowest BCUT2D eigenvalue weighted by Crippen LogP contribution is -2.60. The van der Waals surface area contributed by atoms with Crippen LogP contribution < -0.4 is 5.32 Å². The fourth-order valence-corrected chi connectivity index (χ4v) is 3.79. The summed E-state index contributed by atoms with van der Waals surface area (Å²) < 4.78 is 0. The molecule has 1 aliphatic carbocycles. The van der Waals surface area contributed by atoms with Crippen molar-refractivity contribution in [2.45, 2.75) is 91.8 Å². The van der Waals surface area contributed by atoms with Crippen molar-refractivity contribution in [3.63, 3.8) is 0 Å². The first kappa shape index (κ1) is 17.0. The molecule has 1 N–H and O–H groups in total. The van der Waals surface area contributed by atoms with Gasteiger partial charge in [0.1, 0.15) is 0 Å². The zero-order valence-corrected chi connectivity index (χ0v) is 14.1. The highest BCUT2D eigenvalue weighted by atomic mass is 15.2. The number of hydrogen-bond acceptors (Lipinski definition) is 2. The third-order valence-corrected chi connectivity index (χ3v) is 5.11. The van der Waals surface area contributed by atoms with Crippen LogP contribution in [0.15, 0.2) is 0 Å². The van der Waals surface area contributed by atoms with Crippen molar-refractivity contribution in [3.05, 3.63) is 0 Å². The summed E-state index contributed by atoms with van der Waals surface area (Å²) in [4.78, 5) is 2.74. The average molecular weight is 268 g/mol. The van der Waals surface area contributed by atoms with Gasteiger partial charge in [-0.05, 0) is 51.1 Å². The molecular weight excluding hydrogens is 232 g/mol. The lowest BCUT2D eigenvalue weighted by Gasteiger charge is -2.50. The smallest absolute Gasteiger partial charge is 0.0274 e. The zero-order chi connectivity index (χ0) is 14.5. The van der Waals surface area contributed by atoms with E-state index in [1.165, 1.54) is 38.6 Å². The van der Waals surface area contributed by atoms with E-state index in [1.54, 1.807) is 0 Å². The van der Waals surface area contributed by atoms with Crippen molar-refractivity contribution in [1.82, 2.24) is 10.2 Å². The molecule has 0 spiro atoms. The molecule has 0 amide bonds. The summed E-state index contributed by atoms with van der Waals surface area (Å²) in [6, 6.07) is 2.07. The van der Waals surface area contributed by atoms with Crippen LogP contribution in [0.3, 0.4) is 0 Å². The molecular formula is C17H36N2. The van der Waals surface area contributed by atoms with Gasteiger partial charge in [-0.15, -0.1) is 0 Å². The van der Waals surface area contributed by atoms with Gasteiger partial charge in [0.25, 0.3) is 0 Å². The molecule has 2 heteroatoms. The Bertz CT molecular complexity index is 250. The Morgan fingerprint density at radius 3 is 2.47 bits per heavy atom. The van der Waals surface area contributed by atoms with Gasteiger partial charge in [-0.1, -0.05) is 41.0 Å². The van der Waals surface area contributed by atoms with Crippen LogP contribution in [0.2, 0.25) is 0 Å². The summed E-state index contributed by atoms with van der Waals surface area (Å²) in [7, 11) is 0. The summed E-state index contributed by atoms with van der Waals surface area (Å²) >= 11 is 0. The maximum absolute atomic E-state index is 3.86. The Morgan fingerprint density at radius 1 is 1.26 bits per heavy atom. The van der Waals surface area contributed by atoms with Crippen molar-refractivity contribution < 1.29 is 0 Å². The summed E-state index contributed by atoms with van der Waals surface area (Å²) in [5.74, 6) is 0. The van der Waals surface area contributed by atoms with Gasteiger partial charge in [0.15, 0.2) is 0 Å². The minimum absolute atomic E-state index is 0.430. The lowest BCUT2D eigenvalue weighted by atomic mass is 9.70. The number of hydrogen-bond donors (Lipinski definition) is 1. The summed E-state index contributed by atoms with van der Waals surface area (Å²) in [5, 5.41) is 3.86. The van der Waals surface area contributed by atoms with Gasteiger partial charge >= 0.3 is 0 Å². The van der Waals surface area contributed by atoms with Gasteiger partial charge in [-0.3, -0.25) is 4.90 Å². The van der Waals surface area contributed by atoms with Crippen molar-refractivity contribution in [1.29, 1.82) is 0 Å². The predicted molar refractivity (Wildman–Crippen MR) is 85.6 cm³/mol. The molecule has 0 heterocycles. The van der Waals surface area contributed by atoms with E-state index in [4.69, 9.17) is 0 Å². The summed E-state index contributed by atoms with van der Waals surface area (Å²) in [6.07, 6.45) is 6.60. The highest BCUT2D eigenvalue weighted by Crippen LogP contribution is 2.38. The Kier molecular flexibility index (Phi) is 6.82. The third kappa shape index (κ3) is 4.19. The Labute approximate surface area is 121 Å². The van der Waals surface area contributed by atoms with Gasteiger partial charge < -0.3 is 5.32 Å². The molecule has 114 valence electrons. The maximum Gasteiger partial charge on any atom is 0.0274 e. The second-order valence-corrected chi connectivity index (χ2v) is 6.97. The van der Waals surface area contributed by atoms with Gasteiger partial charge in [0.2, 0.25) is 0 Å². The standard InChI is InChI=1S/C17H36N2/c1-7-13-18-16-15(11-10-12-17(16,5)6)19(9-3)14(4)8-2/h14-16,18H,7-13H2,1-6H3. The molecule has 1 aliphatic rings. The van der Waals surface area contributed by atoms with E-state index in [0.717, 1.165) is 12.6 Å². The van der Waals surface area contributed by atoms with Crippen LogP contribution in [0, 0.1) is 5.41 Å². The molecule has 0 radical (unpaired) electrons. The monoisotopic (exact) mass is 268 g/mol. The van der Waals surface area contributed by atoms with E-state index >= 15 is 0 Å². The first-order chi connectivity index (χ1) is 8.97. The summed E-state index contributed by atoms with van der Waals surface area (Å²) in [6.45, 7) is 16.5. The van der Waals surface area contributed by atoms with Crippen LogP contribution >= 0.6 is 0 Å². The first-order valence-electron chi connectivity index (χ1n) is 8.47. The molecule has 1 saturated carbocycles. The summed E-state index contributed by atoms with van der Waals surface area (Å²) in [5.41, 5.74) is 0.430. The SMILES string of the molecule is CCCNC1C(N(CC)C(C)CC)CCCC1(C)C. The third-order valence-electron chi connectivity index (χ3n) is 5.11. The second-order valence-electron chi connectivity index (χ2n) is 6.97. The highest BCUT2D eigenvalue weighted by Gasteiger charge is 2.41. The van der Waals surface area contributed by atoms with Crippen LogP contribution in [0.5, 0.6) is 0 Å². The minimum atomic E-state index is 0.430. The van der Waals surface area contributed by atoms with Crippen LogP contribution in [0.1, 0.15) is 73.6 Å². The van der Waals surface area contributed by atoms with Gasteiger partial charge in [0, 0.05) is 18.1 Å². The predicted octanol–water partition coefficient (Wildman–Crippen LogP) is 4.05. The van der Waals surface area contributed by atoms with Crippen molar-refractivity contribution in [3.8, 4) is 0 Å². The van der Waals surface area contributed by atoms with Crippen molar-refractivity contribution in [2.75, 3.05) is 13.1 Å². The molecule has 2 nitrogen and oxygen atoms in total. The molecule has 1 fully saturated rings. The van der Waals surface area contributed by atoms with E-state index in [9.17, 15) is 0 Å². The van der Waals surface area contributed by atoms with Crippen LogP contribution in [-0.4, -0.2) is 36.1 Å². The molecule has 0 aromatic heterocycles. The van der Waals surface area contributed by atoms with E-state index in [-0.39, 0.29) is 0 Å². The molecule has 3 atom stereocenters. The quantitative estimate of drug-likeness (QED) is 0.749. The number of rotatable bonds is 7. The molecule has 0 aromatic rings. The van der Waals surface area contributed by atoms with Crippen molar-refractivity contribution >= 4 is 0 Å². The largest absolute Gasteiger partial charge is 0.312 e. The van der Waals surface area contributed by atoms with E-state index < -0.39 is 0 Å². The molecule has 1 rings (SSSR count). The highest BCUT2D eigenvalue weighted by molar-refractivity contribution is 4.98. The first-order valence-corrected chi connectivity index (χ1v) is 8.47. The van der Waals surface area contributed by atoms with Gasteiger partial charge in [-0.25, -0.2) is 0 Å². The number of nitrogens with zero attached hydrogens (tertiary/aromatic N) is 1. The fraction of sp³-hybridized carbons (Fsp3) is 1.00. The van der Waals surface area contributed by atoms with Gasteiger partial charge in [0.05, 0.1) is 0 Å². The molecule has 19 heavy (non-hydrogen) atoms. The number of nitrogens with one attached hydrogen (secondary N) is 1. The molecule has 3 unspecified atom stereocenters. The zero-order valence-electron chi connectivity index (χ0n) is 14.1. The van der Waals surface area contributed by atoms with Crippen molar-refractivity contribution in [2.24, 2.45) is 5.41 Å². The Balaban J connectivity index is 2.86. The van der Waals surface area contributed by atoms with E-state index in [0.29, 0.717) is 17.5 Å². The second kappa shape index (κ2) is 7.64. The topological polar surface area (TPSA) is 15.3 Å². The van der Waals surface area contributed by atoms with Crippen LogP contribution in [-0.2, 0) is 0 Å². The number of likely N-dealkylation sites (N-methyl/N-ethyl adjacent to an activating group) is 1.